The highest BCUT2D eigenvalue weighted by Gasteiger charge is 2.24. The molecule has 0 N–H and O–H groups in total. The van der Waals surface area contributed by atoms with Gasteiger partial charge in [-0.3, -0.25) is 4.90 Å². The van der Waals surface area contributed by atoms with E-state index >= 15 is 0 Å². The first-order valence-corrected chi connectivity index (χ1v) is 10.7. The van der Waals surface area contributed by atoms with Gasteiger partial charge in [0.1, 0.15) is 23.9 Å². The van der Waals surface area contributed by atoms with Gasteiger partial charge >= 0.3 is 5.63 Å². The Morgan fingerprint density at radius 3 is 2.47 bits per heavy atom. The van der Waals surface area contributed by atoms with E-state index in [9.17, 15) is 9.18 Å². The van der Waals surface area contributed by atoms with Crippen molar-refractivity contribution in [1.29, 1.82) is 0 Å². The summed E-state index contributed by atoms with van der Waals surface area (Å²) < 4.78 is 25.1. The number of aryl methyl sites for hydroxylation is 2. The Labute approximate surface area is 185 Å². The number of hydrogen-bond acceptors (Lipinski definition) is 4. The summed E-state index contributed by atoms with van der Waals surface area (Å²) >= 11 is 0. The van der Waals surface area contributed by atoms with E-state index in [1.54, 1.807) is 12.1 Å². The number of rotatable bonds is 4. The van der Waals surface area contributed by atoms with E-state index in [4.69, 9.17) is 9.15 Å². The van der Waals surface area contributed by atoms with Gasteiger partial charge in [0.2, 0.25) is 0 Å². The lowest BCUT2D eigenvalue weighted by Gasteiger charge is -2.30. The van der Waals surface area contributed by atoms with E-state index in [1.165, 1.54) is 12.1 Å². The molecule has 4 nitrogen and oxygen atoms in total. The molecule has 0 radical (unpaired) electrons. The number of ether oxygens (including phenoxy) is 1. The van der Waals surface area contributed by atoms with Gasteiger partial charge in [-0.05, 0) is 48.7 Å². The van der Waals surface area contributed by atoms with Crippen LogP contribution in [0.5, 0.6) is 5.75 Å². The van der Waals surface area contributed by atoms with E-state index in [0.717, 1.165) is 39.0 Å². The monoisotopic (exact) mass is 429 g/mol. The molecule has 0 amide bonds. The van der Waals surface area contributed by atoms with Gasteiger partial charge in [0.25, 0.3) is 0 Å². The zero-order chi connectivity index (χ0) is 22.2. The lowest BCUT2D eigenvalue weighted by molar-refractivity contribution is 0.0881. The summed E-state index contributed by atoms with van der Waals surface area (Å²) in [4.78, 5) is 15.0. The molecular formula is C27H24FNO3. The van der Waals surface area contributed by atoms with Crippen molar-refractivity contribution in [3.63, 3.8) is 0 Å². The zero-order valence-corrected chi connectivity index (χ0v) is 18.2. The van der Waals surface area contributed by atoms with Crippen molar-refractivity contribution in [2.45, 2.75) is 33.4 Å². The minimum absolute atomic E-state index is 0.237. The van der Waals surface area contributed by atoms with E-state index in [-0.39, 0.29) is 11.4 Å². The maximum Gasteiger partial charge on any atom is 0.340 e. The van der Waals surface area contributed by atoms with Gasteiger partial charge in [-0.25, -0.2) is 9.18 Å². The number of nitrogens with zero attached hydrogens (tertiary/aromatic N) is 1. The van der Waals surface area contributed by atoms with Crippen LogP contribution in [-0.4, -0.2) is 11.6 Å². The number of benzene rings is 3. The molecule has 0 atom stereocenters. The van der Waals surface area contributed by atoms with Gasteiger partial charge < -0.3 is 9.15 Å². The van der Waals surface area contributed by atoms with Gasteiger partial charge in [0, 0.05) is 41.6 Å². The minimum Gasteiger partial charge on any atom is -0.477 e. The van der Waals surface area contributed by atoms with E-state index in [1.807, 2.05) is 44.2 Å². The van der Waals surface area contributed by atoms with Crippen LogP contribution in [0.1, 0.15) is 33.4 Å². The molecule has 0 spiro atoms. The number of halogens is 1. The summed E-state index contributed by atoms with van der Waals surface area (Å²) in [6, 6.07) is 18.6. The van der Waals surface area contributed by atoms with Crippen molar-refractivity contribution in [2.75, 3.05) is 6.73 Å². The Bertz CT molecular complexity index is 1340. The average molecular weight is 429 g/mol. The van der Waals surface area contributed by atoms with Crippen molar-refractivity contribution in [2.24, 2.45) is 0 Å². The molecule has 5 rings (SSSR count). The second kappa shape index (κ2) is 8.24. The largest absolute Gasteiger partial charge is 0.477 e. The third-order valence-electron chi connectivity index (χ3n) is 6.16. The first kappa shape index (κ1) is 20.5. The third kappa shape index (κ3) is 3.80. The van der Waals surface area contributed by atoms with Gasteiger partial charge in [-0.15, -0.1) is 0 Å². The molecule has 0 aliphatic carbocycles. The van der Waals surface area contributed by atoms with Gasteiger partial charge in [-0.2, -0.15) is 0 Å². The van der Waals surface area contributed by atoms with Crippen LogP contribution in [-0.2, 0) is 19.5 Å². The molecule has 162 valence electrons. The summed E-state index contributed by atoms with van der Waals surface area (Å²) in [7, 11) is 0. The van der Waals surface area contributed by atoms with Crippen LogP contribution < -0.4 is 10.4 Å². The highest BCUT2D eigenvalue weighted by Crippen LogP contribution is 2.36. The first-order chi connectivity index (χ1) is 15.5. The predicted molar refractivity (Wildman–Crippen MR) is 122 cm³/mol. The quantitative estimate of drug-likeness (QED) is 0.402. The average Bonchev–Trinajstić information content (AvgIpc) is 2.80. The first-order valence-electron chi connectivity index (χ1n) is 10.7. The molecule has 1 aliphatic rings. The standard InChI is InChI=1S/C27H24FNO3/c1-17-23-13-21-15-29(14-20-8-10-22(28)11-9-20)16-31-25(21)18(2)26(23)32-27(30)24(17)12-19-6-4-3-5-7-19/h3-11,13H,12,14-16H2,1-2H3. The normalized spacial score (nSPS) is 13.7. The van der Waals surface area contributed by atoms with Crippen LogP contribution in [0.2, 0.25) is 0 Å². The Morgan fingerprint density at radius 1 is 0.969 bits per heavy atom. The second-order valence-electron chi connectivity index (χ2n) is 8.41. The van der Waals surface area contributed by atoms with Crippen molar-refractivity contribution in [3.8, 4) is 5.75 Å². The topological polar surface area (TPSA) is 42.7 Å². The van der Waals surface area contributed by atoms with E-state index in [0.29, 0.717) is 37.4 Å². The summed E-state index contributed by atoms with van der Waals surface area (Å²) in [5, 5.41) is 0.944. The summed E-state index contributed by atoms with van der Waals surface area (Å²) in [6.45, 7) is 5.72. The molecule has 0 bridgehead atoms. The van der Waals surface area contributed by atoms with Crippen LogP contribution in [0, 0.1) is 19.7 Å². The third-order valence-corrected chi connectivity index (χ3v) is 6.16. The SMILES string of the molecule is Cc1c(Cc2ccccc2)c(=O)oc2c(C)c3c(cc12)CN(Cc1ccc(F)cc1)CO3. The maximum atomic E-state index is 13.2. The summed E-state index contributed by atoms with van der Waals surface area (Å²) in [5.74, 6) is 0.547. The summed E-state index contributed by atoms with van der Waals surface area (Å²) in [6.07, 6.45) is 0.536. The number of fused-ring (bicyclic) bond motifs is 2. The molecule has 2 heterocycles. The van der Waals surface area contributed by atoms with Crippen LogP contribution in [0.25, 0.3) is 11.0 Å². The molecule has 5 heteroatoms. The van der Waals surface area contributed by atoms with Crippen LogP contribution >= 0.6 is 0 Å². The Balaban J connectivity index is 1.51. The Morgan fingerprint density at radius 2 is 1.72 bits per heavy atom. The van der Waals surface area contributed by atoms with Gasteiger partial charge in [0.05, 0.1) is 0 Å². The maximum absolute atomic E-state index is 13.2. The fourth-order valence-electron chi connectivity index (χ4n) is 4.45. The molecule has 1 aliphatic heterocycles. The Kier molecular flexibility index (Phi) is 5.27. The van der Waals surface area contributed by atoms with Crippen LogP contribution in [0.15, 0.2) is 69.9 Å². The molecule has 0 saturated carbocycles. The van der Waals surface area contributed by atoms with Crippen molar-refractivity contribution < 1.29 is 13.5 Å². The molecule has 1 aromatic heterocycles. The second-order valence-corrected chi connectivity index (χ2v) is 8.41. The van der Waals surface area contributed by atoms with Crippen LogP contribution in [0.3, 0.4) is 0 Å². The highest BCUT2D eigenvalue weighted by molar-refractivity contribution is 5.87. The lowest BCUT2D eigenvalue weighted by atomic mass is 9.96. The lowest BCUT2D eigenvalue weighted by Crippen LogP contribution is -2.32. The fourth-order valence-corrected chi connectivity index (χ4v) is 4.45. The van der Waals surface area contributed by atoms with Gasteiger partial charge in [0.15, 0.2) is 0 Å². The minimum atomic E-state index is -0.296. The molecule has 3 aromatic carbocycles. The predicted octanol–water partition coefficient (Wildman–Crippen LogP) is 5.49. The summed E-state index contributed by atoms with van der Waals surface area (Å²) in [5.41, 5.74) is 5.95. The zero-order valence-electron chi connectivity index (χ0n) is 18.2. The van der Waals surface area contributed by atoms with Crippen molar-refractivity contribution in [3.05, 3.63) is 110 Å². The van der Waals surface area contributed by atoms with E-state index in [2.05, 4.69) is 11.0 Å². The molecule has 0 fully saturated rings. The van der Waals surface area contributed by atoms with E-state index < -0.39 is 0 Å². The molecule has 0 saturated heterocycles. The van der Waals surface area contributed by atoms with Crippen LogP contribution in [0.4, 0.5) is 4.39 Å². The highest BCUT2D eigenvalue weighted by atomic mass is 19.1. The molecule has 4 aromatic rings. The smallest absolute Gasteiger partial charge is 0.340 e. The number of hydrogen-bond donors (Lipinski definition) is 0. The van der Waals surface area contributed by atoms with Crippen molar-refractivity contribution >= 4 is 11.0 Å². The van der Waals surface area contributed by atoms with Gasteiger partial charge in [-0.1, -0.05) is 42.5 Å². The molecule has 32 heavy (non-hydrogen) atoms. The Hall–Kier alpha value is -3.44. The molecule has 0 unspecified atom stereocenters. The fraction of sp³-hybridized carbons (Fsp3) is 0.222. The molecular weight excluding hydrogens is 405 g/mol. The van der Waals surface area contributed by atoms with Crippen molar-refractivity contribution in [1.82, 2.24) is 4.90 Å².